The number of carbonyl (C=O) groups excluding carboxylic acids is 2. The Bertz CT molecular complexity index is 731. The number of hydrogen-bond donors (Lipinski definition) is 2. The molecular weight excluding hydrogens is 314 g/mol. The van der Waals surface area contributed by atoms with Crippen molar-refractivity contribution in [2.45, 2.75) is 32.7 Å². The molecule has 0 bridgehead atoms. The highest BCUT2D eigenvalue weighted by atomic mass is 16.2. The van der Waals surface area contributed by atoms with Crippen molar-refractivity contribution in [2.75, 3.05) is 17.3 Å². The van der Waals surface area contributed by atoms with Crippen molar-refractivity contribution < 1.29 is 9.59 Å². The molecule has 2 rings (SSSR count). The Morgan fingerprint density at radius 1 is 1.00 bits per heavy atom. The average Bonchev–Trinajstić information content (AvgIpc) is 2.61. The molecular formula is C20H25N3O2. The van der Waals surface area contributed by atoms with E-state index >= 15 is 0 Å². The van der Waals surface area contributed by atoms with Crippen LogP contribution in [0.25, 0.3) is 0 Å². The molecule has 0 heterocycles. The second kappa shape index (κ2) is 8.33. The highest BCUT2D eigenvalue weighted by molar-refractivity contribution is 5.93. The van der Waals surface area contributed by atoms with E-state index in [-0.39, 0.29) is 23.9 Å². The number of carbonyl (C=O) groups is 2. The Morgan fingerprint density at radius 2 is 1.68 bits per heavy atom. The Morgan fingerprint density at radius 3 is 2.32 bits per heavy atom. The smallest absolute Gasteiger partial charge is 0.319 e. The summed E-state index contributed by atoms with van der Waals surface area (Å²) in [6, 6.07) is 17.0. The maximum Gasteiger partial charge on any atom is 0.319 e. The van der Waals surface area contributed by atoms with Gasteiger partial charge in [0, 0.05) is 37.3 Å². The topological polar surface area (TPSA) is 61.4 Å². The SMILES string of the molecule is CC(=O)N(C)c1cccc(NC(=O)N[C@H](C)[C@@H](C)c2ccccc2)c1. The number of benzene rings is 2. The van der Waals surface area contributed by atoms with Gasteiger partial charge in [0.05, 0.1) is 0 Å². The van der Waals surface area contributed by atoms with Crippen LogP contribution in [-0.2, 0) is 4.79 Å². The minimum absolute atomic E-state index is 0.0227. The number of urea groups is 1. The van der Waals surface area contributed by atoms with E-state index in [4.69, 9.17) is 0 Å². The van der Waals surface area contributed by atoms with Crippen molar-refractivity contribution in [1.29, 1.82) is 0 Å². The van der Waals surface area contributed by atoms with Crippen LogP contribution in [-0.4, -0.2) is 25.0 Å². The molecule has 0 aliphatic rings. The van der Waals surface area contributed by atoms with E-state index in [1.807, 2.05) is 31.2 Å². The first-order valence-corrected chi connectivity index (χ1v) is 8.35. The van der Waals surface area contributed by atoms with Gasteiger partial charge in [-0.25, -0.2) is 4.79 Å². The van der Waals surface area contributed by atoms with E-state index in [1.165, 1.54) is 17.4 Å². The van der Waals surface area contributed by atoms with E-state index in [1.54, 1.807) is 25.2 Å². The average molecular weight is 339 g/mol. The molecule has 3 amide bonds. The van der Waals surface area contributed by atoms with Gasteiger partial charge in [0.1, 0.15) is 0 Å². The van der Waals surface area contributed by atoms with Crippen LogP contribution in [0.15, 0.2) is 54.6 Å². The van der Waals surface area contributed by atoms with Crippen LogP contribution in [0.4, 0.5) is 16.2 Å². The number of nitrogens with one attached hydrogen (secondary N) is 2. The van der Waals surface area contributed by atoms with Gasteiger partial charge in [0.25, 0.3) is 0 Å². The summed E-state index contributed by atoms with van der Waals surface area (Å²) in [7, 11) is 1.70. The van der Waals surface area contributed by atoms with Gasteiger partial charge in [0.2, 0.25) is 5.91 Å². The molecule has 132 valence electrons. The second-order valence-electron chi connectivity index (χ2n) is 6.21. The summed E-state index contributed by atoms with van der Waals surface area (Å²) >= 11 is 0. The first kappa shape index (κ1) is 18.5. The summed E-state index contributed by atoms with van der Waals surface area (Å²) in [5, 5.41) is 5.79. The normalized spacial score (nSPS) is 12.8. The van der Waals surface area contributed by atoms with Crippen molar-refractivity contribution in [2.24, 2.45) is 0 Å². The summed E-state index contributed by atoms with van der Waals surface area (Å²) in [5.41, 5.74) is 2.55. The third-order valence-electron chi connectivity index (χ3n) is 4.40. The fourth-order valence-electron chi connectivity index (χ4n) is 2.52. The molecule has 0 fully saturated rings. The van der Waals surface area contributed by atoms with Crippen LogP contribution in [0.5, 0.6) is 0 Å². The predicted molar refractivity (Wildman–Crippen MR) is 102 cm³/mol. The van der Waals surface area contributed by atoms with Crippen molar-refractivity contribution in [3.05, 3.63) is 60.2 Å². The largest absolute Gasteiger partial charge is 0.335 e. The van der Waals surface area contributed by atoms with Crippen molar-refractivity contribution in [1.82, 2.24) is 5.32 Å². The Labute approximate surface area is 149 Å². The Balaban J connectivity index is 1.98. The second-order valence-corrected chi connectivity index (χ2v) is 6.21. The molecule has 2 aromatic carbocycles. The molecule has 2 atom stereocenters. The van der Waals surface area contributed by atoms with Crippen molar-refractivity contribution in [3.63, 3.8) is 0 Å². The molecule has 2 aromatic rings. The van der Waals surface area contributed by atoms with E-state index in [2.05, 4.69) is 29.7 Å². The van der Waals surface area contributed by atoms with Crippen LogP contribution in [0.2, 0.25) is 0 Å². The summed E-state index contributed by atoms with van der Waals surface area (Å²) in [5.74, 6) is 0.133. The zero-order valence-corrected chi connectivity index (χ0v) is 15.1. The van der Waals surface area contributed by atoms with Gasteiger partial charge in [-0.15, -0.1) is 0 Å². The third kappa shape index (κ3) is 5.08. The molecule has 0 saturated carbocycles. The van der Waals surface area contributed by atoms with Gasteiger partial charge in [-0.2, -0.15) is 0 Å². The molecule has 2 N–H and O–H groups in total. The minimum Gasteiger partial charge on any atom is -0.335 e. The lowest BCUT2D eigenvalue weighted by Crippen LogP contribution is -2.39. The van der Waals surface area contributed by atoms with Crippen LogP contribution in [0.3, 0.4) is 0 Å². The van der Waals surface area contributed by atoms with E-state index in [9.17, 15) is 9.59 Å². The summed E-state index contributed by atoms with van der Waals surface area (Å²) in [4.78, 5) is 25.3. The van der Waals surface area contributed by atoms with Gasteiger partial charge in [-0.05, 0) is 30.7 Å². The zero-order chi connectivity index (χ0) is 18.4. The molecule has 0 spiro atoms. The number of amides is 3. The van der Waals surface area contributed by atoms with Gasteiger partial charge in [-0.1, -0.05) is 43.3 Å². The Hall–Kier alpha value is -2.82. The van der Waals surface area contributed by atoms with Crippen LogP contribution in [0, 0.1) is 0 Å². The third-order valence-corrected chi connectivity index (χ3v) is 4.40. The van der Waals surface area contributed by atoms with Gasteiger partial charge < -0.3 is 15.5 Å². The van der Waals surface area contributed by atoms with Gasteiger partial charge >= 0.3 is 6.03 Å². The molecule has 0 saturated heterocycles. The highest BCUT2D eigenvalue weighted by Crippen LogP contribution is 2.20. The van der Waals surface area contributed by atoms with Crippen LogP contribution < -0.4 is 15.5 Å². The fourth-order valence-corrected chi connectivity index (χ4v) is 2.52. The summed E-state index contributed by atoms with van der Waals surface area (Å²) in [6.45, 7) is 5.57. The van der Waals surface area contributed by atoms with Gasteiger partial charge in [0.15, 0.2) is 0 Å². The summed E-state index contributed by atoms with van der Waals surface area (Å²) < 4.78 is 0. The standard InChI is InChI=1S/C20H25N3O2/c1-14(17-9-6-5-7-10-17)15(2)21-20(25)22-18-11-8-12-19(13-18)23(4)16(3)24/h5-15H,1-4H3,(H2,21,22,25)/t14-,15-/m1/s1. The van der Waals surface area contributed by atoms with Gasteiger partial charge in [-0.3, -0.25) is 4.79 Å². The monoisotopic (exact) mass is 339 g/mol. The summed E-state index contributed by atoms with van der Waals surface area (Å²) in [6.07, 6.45) is 0. The molecule has 25 heavy (non-hydrogen) atoms. The lowest BCUT2D eigenvalue weighted by molar-refractivity contribution is -0.116. The molecule has 5 nitrogen and oxygen atoms in total. The number of anilines is 2. The number of nitrogens with zero attached hydrogens (tertiary/aromatic N) is 1. The lowest BCUT2D eigenvalue weighted by atomic mass is 9.95. The van der Waals surface area contributed by atoms with E-state index < -0.39 is 0 Å². The maximum absolute atomic E-state index is 12.3. The lowest BCUT2D eigenvalue weighted by Gasteiger charge is -2.22. The highest BCUT2D eigenvalue weighted by Gasteiger charge is 2.16. The molecule has 0 unspecified atom stereocenters. The molecule has 0 aliphatic heterocycles. The Kier molecular flexibility index (Phi) is 6.17. The van der Waals surface area contributed by atoms with E-state index in [0.29, 0.717) is 5.69 Å². The molecule has 0 radical (unpaired) electrons. The fraction of sp³-hybridized carbons (Fsp3) is 0.300. The number of rotatable bonds is 5. The number of hydrogen-bond acceptors (Lipinski definition) is 2. The molecule has 0 aromatic heterocycles. The van der Waals surface area contributed by atoms with Crippen LogP contribution >= 0.6 is 0 Å². The minimum atomic E-state index is -0.266. The zero-order valence-electron chi connectivity index (χ0n) is 15.1. The first-order chi connectivity index (χ1) is 11.9. The van der Waals surface area contributed by atoms with Crippen molar-refractivity contribution >= 4 is 23.3 Å². The molecule has 5 heteroatoms. The predicted octanol–water partition coefficient (Wildman–Crippen LogP) is 3.98. The first-order valence-electron chi connectivity index (χ1n) is 8.35. The van der Waals surface area contributed by atoms with Crippen molar-refractivity contribution in [3.8, 4) is 0 Å². The quantitative estimate of drug-likeness (QED) is 0.865. The van der Waals surface area contributed by atoms with Crippen LogP contribution in [0.1, 0.15) is 32.3 Å². The molecule has 0 aliphatic carbocycles. The maximum atomic E-state index is 12.3. The van der Waals surface area contributed by atoms with E-state index in [0.717, 1.165) is 5.69 Å².